The monoisotopic (exact) mass is 441 g/mol. The molecular formula is C20H21F2NO6S. The van der Waals surface area contributed by atoms with Gasteiger partial charge in [0, 0.05) is 18.7 Å². The van der Waals surface area contributed by atoms with Gasteiger partial charge in [-0.1, -0.05) is 13.8 Å². The average molecular weight is 441 g/mol. The van der Waals surface area contributed by atoms with Gasteiger partial charge in [-0.15, -0.1) is 0 Å². The second kappa shape index (κ2) is 9.77. The van der Waals surface area contributed by atoms with E-state index in [1.165, 1.54) is 23.5 Å². The van der Waals surface area contributed by atoms with E-state index in [2.05, 4.69) is 0 Å². The summed E-state index contributed by atoms with van der Waals surface area (Å²) in [5.41, 5.74) is -0.277. The molecule has 0 heterocycles. The predicted molar refractivity (Wildman–Crippen MR) is 104 cm³/mol. The van der Waals surface area contributed by atoms with Gasteiger partial charge in [-0.3, -0.25) is 4.79 Å². The lowest BCUT2D eigenvalue weighted by atomic mass is 10.1. The highest BCUT2D eigenvalue weighted by atomic mass is 32.2. The number of esters is 1. The van der Waals surface area contributed by atoms with Crippen LogP contribution in [0.2, 0.25) is 0 Å². The molecule has 0 fully saturated rings. The fourth-order valence-electron chi connectivity index (χ4n) is 2.68. The van der Waals surface area contributed by atoms with Crippen LogP contribution in [0.25, 0.3) is 0 Å². The quantitative estimate of drug-likeness (QED) is 0.439. The van der Waals surface area contributed by atoms with Gasteiger partial charge in [-0.25, -0.2) is 22.0 Å². The number of rotatable bonds is 9. The van der Waals surface area contributed by atoms with Crippen LogP contribution in [0.3, 0.4) is 0 Å². The highest BCUT2D eigenvalue weighted by Gasteiger charge is 2.27. The van der Waals surface area contributed by atoms with Crippen LogP contribution in [-0.4, -0.2) is 51.3 Å². The topological polar surface area (TPSA) is 90.0 Å². The Bertz CT molecular complexity index is 1050. The van der Waals surface area contributed by atoms with Crippen LogP contribution in [-0.2, 0) is 14.8 Å². The molecule has 0 radical (unpaired) electrons. The molecule has 0 unspecified atom stereocenters. The zero-order chi connectivity index (χ0) is 22.5. The molecular weight excluding hydrogens is 420 g/mol. The van der Waals surface area contributed by atoms with Crippen molar-refractivity contribution in [2.45, 2.75) is 18.7 Å². The number of sulfonamides is 1. The van der Waals surface area contributed by atoms with Crippen LogP contribution in [0.1, 0.15) is 34.6 Å². The van der Waals surface area contributed by atoms with Crippen molar-refractivity contribution in [2.24, 2.45) is 0 Å². The molecule has 30 heavy (non-hydrogen) atoms. The number of methoxy groups -OCH3 is 1. The molecule has 0 saturated heterocycles. The first-order valence-corrected chi connectivity index (χ1v) is 10.4. The summed E-state index contributed by atoms with van der Waals surface area (Å²) in [5, 5.41) is 0. The zero-order valence-corrected chi connectivity index (χ0v) is 17.5. The summed E-state index contributed by atoms with van der Waals surface area (Å²) in [5.74, 6) is -3.95. The van der Waals surface area contributed by atoms with Crippen LogP contribution in [0, 0.1) is 11.6 Å². The number of nitrogens with zero attached hydrogens (tertiary/aromatic N) is 1. The number of carbonyl (C=O) groups excluding carboxylic acids is 2. The Morgan fingerprint density at radius 1 is 0.967 bits per heavy atom. The number of carbonyl (C=O) groups is 2. The zero-order valence-electron chi connectivity index (χ0n) is 16.6. The second-order valence-electron chi connectivity index (χ2n) is 6.08. The number of benzene rings is 2. The van der Waals surface area contributed by atoms with Gasteiger partial charge < -0.3 is 9.47 Å². The van der Waals surface area contributed by atoms with Gasteiger partial charge >= 0.3 is 5.97 Å². The lowest BCUT2D eigenvalue weighted by molar-refractivity contribution is 0.0474. The van der Waals surface area contributed by atoms with Crippen molar-refractivity contribution >= 4 is 21.8 Å². The minimum Gasteiger partial charge on any atom is -0.495 e. The summed E-state index contributed by atoms with van der Waals surface area (Å²) in [6.45, 7) is 3.07. The maximum absolute atomic E-state index is 13.2. The molecule has 0 bridgehead atoms. The van der Waals surface area contributed by atoms with Crippen LogP contribution in [0.5, 0.6) is 5.75 Å². The van der Waals surface area contributed by atoms with E-state index in [1.807, 2.05) is 0 Å². The van der Waals surface area contributed by atoms with E-state index >= 15 is 0 Å². The molecule has 0 aliphatic carbocycles. The molecule has 0 N–H and O–H groups in total. The van der Waals surface area contributed by atoms with Crippen molar-refractivity contribution in [3.63, 3.8) is 0 Å². The van der Waals surface area contributed by atoms with E-state index in [1.54, 1.807) is 13.8 Å². The largest absolute Gasteiger partial charge is 0.495 e. The Morgan fingerprint density at radius 2 is 1.60 bits per heavy atom. The van der Waals surface area contributed by atoms with Crippen LogP contribution in [0.4, 0.5) is 8.78 Å². The SMILES string of the molecule is CCN(CC)S(=O)(=O)c1cc(C(=O)OCC(=O)c2ccc(F)c(F)c2)ccc1OC. The fourth-order valence-corrected chi connectivity index (χ4v) is 4.31. The average Bonchev–Trinajstić information content (AvgIpc) is 2.73. The Labute approximate surface area is 173 Å². The summed E-state index contributed by atoms with van der Waals surface area (Å²) in [6.07, 6.45) is 0. The highest BCUT2D eigenvalue weighted by Crippen LogP contribution is 2.28. The van der Waals surface area contributed by atoms with E-state index < -0.39 is 40.0 Å². The maximum atomic E-state index is 13.2. The lowest BCUT2D eigenvalue weighted by Crippen LogP contribution is -2.31. The van der Waals surface area contributed by atoms with E-state index in [0.717, 1.165) is 18.2 Å². The smallest absolute Gasteiger partial charge is 0.338 e. The maximum Gasteiger partial charge on any atom is 0.338 e. The standard InChI is InChI=1S/C20H21F2NO6S/c1-4-23(5-2)30(26,27)19-11-14(7-9-18(19)28-3)20(25)29-12-17(24)13-6-8-15(21)16(22)10-13/h6-11H,4-5,12H2,1-3H3. The molecule has 0 aliphatic rings. The van der Waals surface area contributed by atoms with Crippen LogP contribution < -0.4 is 4.74 Å². The van der Waals surface area contributed by atoms with Crippen molar-refractivity contribution in [3.05, 3.63) is 59.2 Å². The molecule has 10 heteroatoms. The normalized spacial score (nSPS) is 11.4. The van der Waals surface area contributed by atoms with Gasteiger partial charge in [0.2, 0.25) is 10.0 Å². The molecule has 2 rings (SSSR count). The van der Waals surface area contributed by atoms with Crippen molar-refractivity contribution in [2.75, 3.05) is 26.8 Å². The number of ether oxygens (including phenoxy) is 2. The first-order chi connectivity index (χ1) is 14.1. The molecule has 2 aromatic rings. The minimum atomic E-state index is -3.93. The lowest BCUT2D eigenvalue weighted by Gasteiger charge is -2.20. The second-order valence-corrected chi connectivity index (χ2v) is 7.99. The Hall–Kier alpha value is -2.85. The Morgan fingerprint density at radius 3 is 2.17 bits per heavy atom. The van der Waals surface area contributed by atoms with Gasteiger partial charge in [0.15, 0.2) is 24.0 Å². The first kappa shape index (κ1) is 23.4. The summed E-state index contributed by atoms with van der Waals surface area (Å²) < 4.78 is 63.1. The van der Waals surface area contributed by atoms with Gasteiger partial charge in [0.25, 0.3) is 0 Å². The number of halogens is 2. The van der Waals surface area contributed by atoms with E-state index in [9.17, 15) is 26.8 Å². The van der Waals surface area contributed by atoms with Crippen LogP contribution >= 0.6 is 0 Å². The number of hydrogen-bond donors (Lipinski definition) is 0. The van der Waals surface area contributed by atoms with E-state index in [4.69, 9.17) is 9.47 Å². The number of Topliss-reactive ketones (excluding diaryl/α,β-unsaturated/α-hetero) is 1. The van der Waals surface area contributed by atoms with E-state index in [-0.39, 0.29) is 34.9 Å². The molecule has 2 aromatic carbocycles. The van der Waals surface area contributed by atoms with Crippen molar-refractivity contribution in [1.29, 1.82) is 0 Å². The van der Waals surface area contributed by atoms with Crippen molar-refractivity contribution < 1.29 is 36.3 Å². The van der Waals surface area contributed by atoms with Crippen molar-refractivity contribution in [1.82, 2.24) is 4.31 Å². The summed E-state index contributed by atoms with van der Waals surface area (Å²) >= 11 is 0. The third-order valence-corrected chi connectivity index (χ3v) is 6.37. The Kier molecular flexibility index (Phi) is 7.63. The van der Waals surface area contributed by atoms with Crippen molar-refractivity contribution in [3.8, 4) is 5.75 Å². The number of ketones is 1. The predicted octanol–water partition coefficient (Wildman–Crippen LogP) is 3.04. The molecule has 0 saturated carbocycles. The molecule has 0 atom stereocenters. The van der Waals surface area contributed by atoms with E-state index in [0.29, 0.717) is 6.07 Å². The molecule has 0 aliphatic heterocycles. The third kappa shape index (κ3) is 5.00. The molecule has 0 spiro atoms. The summed E-state index contributed by atoms with van der Waals surface area (Å²) in [7, 11) is -2.63. The van der Waals surface area contributed by atoms with Gasteiger partial charge in [0.1, 0.15) is 10.6 Å². The molecule has 162 valence electrons. The molecule has 0 aromatic heterocycles. The fraction of sp³-hybridized carbons (Fsp3) is 0.300. The van der Waals surface area contributed by atoms with Gasteiger partial charge in [0.05, 0.1) is 12.7 Å². The Balaban J connectivity index is 2.24. The first-order valence-electron chi connectivity index (χ1n) is 8.99. The summed E-state index contributed by atoms with van der Waals surface area (Å²) in [6, 6.07) is 6.27. The number of hydrogen-bond acceptors (Lipinski definition) is 6. The molecule has 0 amide bonds. The van der Waals surface area contributed by atoms with Crippen LogP contribution in [0.15, 0.2) is 41.3 Å². The summed E-state index contributed by atoms with van der Waals surface area (Å²) in [4.78, 5) is 24.2. The van der Waals surface area contributed by atoms with Gasteiger partial charge in [-0.05, 0) is 36.4 Å². The molecule has 7 nitrogen and oxygen atoms in total. The highest BCUT2D eigenvalue weighted by molar-refractivity contribution is 7.89. The van der Waals surface area contributed by atoms with Gasteiger partial charge in [-0.2, -0.15) is 4.31 Å². The third-order valence-electron chi connectivity index (χ3n) is 4.30. The minimum absolute atomic E-state index is 0.0521.